The van der Waals surface area contributed by atoms with Crippen LogP contribution >= 0.6 is 11.8 Å². The molecule has 0 aliphatic rings. The normalized spacial score (nSPS) is 11.9. The second kappa shape index (κ2) is 10.5. The third kappa shape index (κ3) is 5.29. The van der Waals surface area contributed by atoms with Gasteiger partial charge in [-0.3, -0.25) is 14.5 Å². The van der Waals surface area contributed by atoms with Crippen LogP contribution < -0.4 is 5.32 Å². The molecular weight excluding hydrogens is 455 g/mol. The van der Waals surface area contributed by atoms with Crippen molar-refractivity contribution in [2.75, 3.05) is 12.9 Å². The number of aliphatic hydroxyl groups is 1. The van der Waals surface area contributed by atoms with Crippen LogP contribution in [0, 0.1) is 5.82 Å². The number of carbonyl (C=O) groups is 1. The number of nitrogens with one attached hydrogen (secondary N) is 1. The van der Waals surface area contributed by atoms with E-state index in [0.717, 1.165) is 0 Å². The number of aryl methyl sites for hydroxylation is 1. The lowest BCUT2D eigenvalue weighted by Gasteiger charge is -2.15. The molecule has 1 atom stereocenters. The summed E-state index contributed by atoms with van der Waals surface area (Å²) in [6.45, 7) is -0.0399. The predicted molar refractivity (Wildman–Crippen MR) is 129 cm³/mol. The average Bonchev–Trinajstić information content (AvgIpc) is 3.30. The van der Waals surface area contributed by atoms with E-state index in [9.17, 15) is 14.3 Å². The molecule has 0 aliphatic carbocycles. The summed E-state index contributed by atoms with van der Waals surface area (Å²) in [6, 6.07) is 11.5. The zero-order chi connectivity index (χ0) is 24.1. The average molecular weight is 479 g/mol. The summed E-state index contributed by atoms with van der Waals surface area (Å²) in [5.74, 6) is -0.386. The van der Waals surface area contributed by atoms with Gasteiger partial charge in [0.05, 0.1) is 28.5 Å². The lowest BCUT2D eigenvalue weighted by atomic mass is 10.1. The van der Waals surface area contributed by atoms with Crippen molar-refractivity contribution in [3.63, 3.8) is 0 Å². The second-order valence-electron chi connectivity index (χ2n) is 7.49. The number of hydrogen-bond donors (Lipinski definition) is 2. The molecule has 0 bridgehead atoms. The predicted octanol–water partition coefficient (Wildman–Crippen LogP) is 3.55. The van der Waals surface area contributed by atoms with E-state index in [1.165, 1.54) is 17.8 Å². The Bertz CT molecular complexity index is 1290. The molecule has 2 N–H and O–H groups in total. The van der Waals surface area contributed by atoms with Gasteiger partial charge in [-0.1, -0.05) is 12.1 Å². The third-order valence-electron chi connectivity index (χ3n) is 5.10. The maximum Gasteiger partial charge on any atom is 0.270 e. The maximum atomic E-state index is 14.1. The summed E-state index contributed by atoms with van der Waals surface area (Å²) in [7, 11) is 1.78. The number of amides is 1. The van der Waals surface area contributed by atoms with Crippen molar-refractivity contribution in [3.05, 3.63) is 72.6 Å². The Hall–Kier alpha value is -3.63. The first kappa shape index (κ1) is 23.5. The molecule has 10 heteroatoms. The van der Waals surface area contributed by atoms with Crippen molar-refractivity contribution in [1.82, 2.24) is 30.0 Å². The SMILES string of the molecule is CSC(CCO)NC(=O)c1cc(-c2ccc(-c3ccccc3F)nc2)nc(-c2cnn(C)c2)n1. The van der Waals surface area contributed by atoms with E-state index in [-0.39, 0.29) is 29.4 Å². The van der Waals surface area contributed by atoms with Gasteiger partial charge in [0.15, 0.2) is 5.82 Å². The monoisotopic (exact) mass is 478 g/mol. The number of thioether (sulfide) groups is 1. The van der Waals surface area contributed by atoms with E-state index in [1.807, 2.05) is 6.26 Å². The summed E-state index contributed by atoms with van der Waals surface area (Å²) in [5.41, 5.74) is 2.88. The number of nitrogens with zero attached hydrogens (tertiary/aromatic N) is 5. The molecule has 0 radical (unpaired) electrons. The molecule has 8 nitrogen and oxygen atoms in total. The zero-order valence-corrected chi connectivity index (χ0v) is 19.5. The Labute approximate surface area is 200 Å². The van der Waals surface area contributed by atoms with Gasteiger partial charge in [0.25, 0.3) is 5.91 Å². The molecule has 3 aromatic heterocycles. The Morgan fingerprint density at radius 1 is 1.15 bits per heavy atom. The highest BCUT2D eigenvalue weighted by atomic mass is 32.2. The zero-order valence-electron chi connectivity index (χ0n) is 18.6. The molecule has 1 amide bonds. The molecule has 0 saturated heterocycles. The van der Waals surface area contributed by atoms with Crippen LogP contribution in [0.3, 0.4) is 0 Å². The van der Waals surface area contributed by atoms with Crippen LogP contribution in [-0.2, 0) is 7.05 Å². The second-order valence-corrected chi connectivity index (χ2v) is 8.53. The number of carbonyl (C=O) groups excluding carboxylic acids is 1. The first-order valence-corrected chi connectivity index (χ1v) is 11.8. The maximum absolute atomic E-state index is 14.1. The minimum Gasteiger partial charge on any atom is -0.396 e. The van der Waals surface area contributed by atoms with Crippen LogP contribution in [-0.4, -0.2) is 54.0 Å². The number of aliphatic hydroxyl groups excluding tert-OH is 1. The number of rotatable bonds is 8. The molecule has 0 fully saturated rings. The van der Waals surface area contributed by atoms with Crippen LogP contribution in [0.1, 0.15) is 16.9 Å². The first-order valence-electron chi connectivity index (χ1n) is 10.5. The van der Waals surface area contributed by atoms with Crippen molar-refractivity contribution < 1.29 is 14.3 Å². The molecule has 4 rings (SSSR count). The number of aromatic nitrogens is 5. The highest BCUT2D eigenvalue weighted by Crippen LogP contribution is 2.25. The molecule has 1 unspecified atom stereocenters. The number of benzene rings is 1. The van der Waals surface area contributed by atoms with Gasteiger partial charge in [-0.2, -0.15) is 5.10 Å². The van der Waals surface area contributed by atoms with E-state index in [4.69, 9.17) is 0 Å². The largest absolute Gasteiger partial charge is 0.396 e. The number of hydrogen-bond acceptors (Lipinski definition) is 7. The fraction of sp³-hybridized carbons (Fsp3) is 0.208. The summed E-state index contributed by atoms with van der Waals surface area (Å²) in [6.07, 6.45) is 7.25. The minimum absolute atomic E-state index is 0.0399. The van der Waals surface area contributed by atoms with Crippen molar-refractivity contribution >= 4 is 17.7 Å². The fourth-order valence-electron chi connectivity index (χ4n) is 3.34. The van der Waals surface area contributed by atoms with Gasteiger partial charge in [-0.15, -0.1) is 11.8 Å². The van der Waals surface area contributed by atoms with Gasteiger partial charge in [0.1, 0.15) is 11.5 Å². The lowest BCUT2D eigenvalue weighted by molar-refractivity contribution is 0.0941. The summed E-state index contributed by atoms with van der Waals surface area (Å²) >= 11 is 1.43. The summed E-state index contributed by atoms with van der Waals surface area (Å²) < 4.78 is 15.8. The van der Waals surface area contributed by atoms with Crippen LogP contribution in [0.4, 0.5) is 4.39 Å². The number of pyridine rings is 1. The van der Waals surface area contributed by atoms with E-state index in [1.54, 1.807) is 66.7 Å². The van der Waals surface area contributed by atoms with E-state index in [0.29, 0.717) is 40.3 Å². The molecule has 174 valence electrons. The molecular formula is C24H23FN6O2S. The van der Waals surface area contributed by atoms with Crippen molar-refractivity contribution in [3.8, 4) is 33.9 Å². The molecule has 1 aromatic carbocycles. The van der Waals surface area contributed by atoms with Crippen LogP contribution in [0.2, 0.25) is 0 Å². The van der Waals surface area contributed by atoms with Gasteiger partial charge in [0.2, 0.25) is 0 Å². The van der Waals surface area contributed by atoms with Crippen LogP contribution in [0.25, 0.3) is 33.9 Å². The molecule has 0 aliphatic heterocycles. The van der Waals surface area contributed by atoms with Gasteiger partial charge in [-0.25, -0.2) is 14.4 Å². The van der Waals surface area contributed by atoms with Crippen LogP contribution in [0.5, 0.6) is 0 Å². The Morgan fingerprint density at radius 2 is 1.97 bits per heavy atom. The van der Waals surface area contributed by atoms with E-state index < -0.39 is 0 Å². The standard InChI is InChI=1S/C24H23FN6O2S/c1-31-14-16(13-27-31)23-28-20(11-21(29-23)24(33)30-22(34-2)9-10-32)15-7-8-19(26-12-15)17-5-3-4-6-18(17)25/h3-8,11-14,22,32H,9-10H2,1-2H3,(H,30,33). The van der Waals surface area contributed by atoms with Crippen molar-refractivity contribution in [1.29, 1.82) is 0 Å². The van der Waals surface area contributed by atoms with Gasteiger partial charge < -0.3 is 10.4 Å². The Morgan fingerprint density at radius 3 is 2.62 bits per heavy atom. The minimum atomic E-state index is -0.377. The molecule has 4 aromatic rings. The number of halogens is 1. The highest BCUT2D eigenvalue weighted by Gasteiger charge is 2.18. The van der Waals surface area contributed by atoms with E-state index in [2.05, 4.69) is 25.4 Å². The third-order valence-corrected chi connectivity index (χ3v) is 6.02. The van der Waals surface area contributed by atoms with E-state index >= 15 is 0 Å². The highest BCUT2D eigenvalue weighted by molar-refractivity contribution is 7.99. The lowest BCUT2D eigenvalue weighted by Crippen LogP contribution is -2.33. The first-order chi connectivity index (χ1) is 16.5. The fourth-order valence-corrected chi connectivity index (χ4v) is 3.90. The van der Waals surface area contributed by atoms with Crippen molar-refractivity contribution in [2.45, 2.75) is 11.8 Å². The van der Waals surface area contributed by atoms with Crippen LogP contribution in [0.15, 0.2) is 61.1 Å². The smallest absolute Gasteiger partial charge is 0.270 e. The molecule has 3 heterocycles. The molecule has 34 heavy (non-hydrogen) atoms. The van der Waals surface area contributed by atoms with Gasteiger partial charge in [-0.05, 0) is 36.6 Å². The summed E-state index contributed by atoms with van der Waals surface area (Å²) in [4.78, 5) is 26.4. The van der Waals surface area contributed by atoms with Crippen molar-refractivity contribution in [2.24, 2.45) is 7.05 Å². The van der Waals surface area contributed by atoms with Gasteiger partial charge >= 0.3 is 0 Å². The Balaban J connectivity index is 1.72. The molecule has 0 spiro atoms. The molecule has 0 saturated carbocycles. The van der Waals surface area contributed by atoms with Gasteiger partial charge in [0, 0.05) is 43.6 Å². The quantitative estimate of drug-likeness (QED) is 0.373. The topological polar surface area (TPSA) is 106 Å². The Kier molecular flexibility index (Phi) is 7.29. The summed E-state index contributed by atoms with van der Waals surface area (Å²) in [5, 5.41) is 16.0.